The topological polar surface area (TPSA) is 86.5 Å². The number of methoxy groups -OCH3 is 1. The smallest absolute Gasteiger partial charge is 0.252 e. The third kappa shape index (κ3) is 4.01. The van der Waals surface area contributed by atoms with Gasteiger partial charge in [0.25, 0.3) is 5.91 Å². The van der Waals surface area contributed by atoms with E-state index in [0.717, 1.165) is 0 Å². The summed E-state index contributed by atoms with van der Waals surface area (Å²) in [4.78, 5) is 16.5. The van der Waals surface area contributed by atoms with E-state index in [1.54, 1.807) is 26.0 Å². The first-order chi connectivity index (χ1) is 11.0. The zero-order valence-electron chi connectivity index (χ0n) is 13.3. The molecule has 1 aromatic heterocycles. The molecule has 0 aliphatic rings. The molecule has 2 rings (SSSR count). The quantitative estimate of drug-likeness (QED) is 0.824. The van der Waals surface area contributed by atoms with Gasteiger partial charge in [0.2, 0.25) is 5.89 Å². The number of aryl methyl sites for hydroxylation is 1. The summed E-state index contributed by atoms with van der Waals surface area (Å²) in [5.74, 6) is 1.63. The minimum atomic E-state index is -0.403. The van der Waals surface area contributed by atoms with E-state index in [1.165, 1.54) is 7.11 Å². The molecule has 0 fully saturated rings. The first-order valence-electron chi connectivity index (χ1n) is 7.07. The highest BCUT2D eigenvalue weighted by atomic mass is 79.9. The fourth-order valence-corrected chi connectivity index (χ4v) is 2.52. The summed E-state index contributed by atoms with van der Waals surface area (Å²) in [6.07, 6.45) is 0. The van der Waals surface area contributed by atoms with E-state index in [9.17, 15) is 4.79 Å². The zero-order chi connectivity index (χ0) is 17.0. The van der Waals surface area contributed by atoms with E-state index >= 15 is 0 Å². The molecule has 0 radical (unpaired) electrons. The molecule has 0 saturated carbocycles. The van der Waals surface area contributed by atoms with Crippen LogP contribution in [0.1, 0.15) is 42.0 Å². The van der Waals surface area contributed by atoms with Crippen LogP contribution in [0.5, 0.6) is 11.5 Å². The second-order valence-corrected chi connectivity index (χ2v) is 5.65. The van der Waals surface area contributed by atoms with E-state index in [1.807, 2.05) is 6.92 Å². The third-order valence-corrected chi connectivity index (χ3v) is 3.63. The standard InChI is InChI=1S/C15H18BrN3O4/c1-5-22-13-11(16)6-10(7-12(13)21-4)14(20)17-8(2)15-18-9(3)19-23-15/h6-8H,5H2,1-4H3,(H,17,20)/t8-/m1/s1. The molecule has 0 aliphatic carbocycles. The van der Waals surface area contributed by atoms with Crippen LogP contribution in [-0.4, -0.2) is 29.8 Å². The van der Waals surface area contributed by atoms with Crippen LogP contribution in [0.15, 0.2) is 21.1 Å². The van der Waals surface area contributed by atoms with Crippen molar-refractivity contribution in [3.63, 3.8) is 0 Å². The number of ether oxygens (including phenoxy) is 2. The average Bonchev–Trinajstić information content (AvgIpc) is 2.95. The molecule has 1 N–H and O–H groups in total. The monoisotopic (exact) mass is 383 g/mol. The summed E-state index contributed by atoms with van der Waals surface area (Å²) in [5.41, 5.74) is 0.431. The minimum absolute atomic E-state index is 0.282. The lowest BCUT2D eigenvalue weighted by atomic mass is 10.1. The number of hydrogen-bond donors (Lipinski definition) is 1. The van der Waals surface area contributed by atoms with E-state index in [0.29, 0.717) is 39.9 Å². The maximum absolute atomic E-state index is 12.4. The van der Waals surface area contributed by atoms with Gasteiger partial charge in [0.05, 0.1) is 18.2 Å². The molecule has 0 aliphatic heterocycles. The maximum atomic E-state index is 12.4. The van der Waals surface area contributed by atoms with Crippen LogP contribution in [0.3, 0.4) is 0 Å². The van der Waals surface area contributed by atoms with Crippen LogP contribution >= 0.6 is 15.9 Å². The lowest BCUT2D eigenvalue weighted by Crippen LogP contribution is -2.27. The van der Waals surface area contributed by atoms with Crippen molar-refractivity contribution in [1.29, 1.82) is 0 Å². The minimum Gasteiger partial charge on any atom is -0.493 e. The van der Waals surface area contributed by atoms with Crippen molar-refractivity contribution in [3.8, 4) is 11.5 Å². The molecule has 0 bridgehead atoms. The molecule has 1 atom stereocenters. The summed E-state index contributed by atoms with van der Waals surface area (Å²) in [6.45, 7) is 5.86. The van der Waals surface area contributed by atoms with Crippen LogP contribution in [-0.2, 0) is 0 Å². The highest BCUT2D eigenvalue weighted by molar-refractivity contribution is 9.10. The van der Waals surface area contributed by atoms with Crippen molar-refractivity contribution in [2.24, 2.45) is 0 Å². The Balaban J connectivity index is 2.20. The number of halogens is 1. The summed E-state index contributed by atoms with van der Waals surface area (Å²) in [5, 5.41) is 6.51. The van der Waals surface area contributed by atoms with Crippen molar-refractivity contribution in [3.05, 3.63) is 33.9 Å². The van der Waals surface area contributed by atoms with Gasteiger partial charge in [-0.2, -0.15) is 4.98 Å². The third-order valence-electron chi connectivity index (χ3n) is 3.04. The van der Waals surface area contributed by atoms with Crippen LogP contribution < -0.4 is 14.8 Å². The fraction of sp³-hybridized carbons (Fsp3) is 0.400. The van der Waals surface area contributed by atoms with E-state index < -0.39 is 6.04 Å². The van der Waals surface area contributed by atoms with Crippen LogP contribution in [0.2, 0.25) is 0 Å². The molecule has 1 heterocycles. The summed E-state index contributed by atoms with van der Waals surface area (Å²) in [7, 11) is 1.52. The van der Waals surface area contributed by atoms with Gasteiger partial charge in [0, 0.05) is 5.56 Å². The molecule has 0 spiro atoms. The average molecular weight is 384 g/mol. The molecule has 7 nitrogen and oxygen atoms in total. The SMILES string of the molecule is CCOc1c(Br)cc(C(=O)N[C@H](C)c2nc(C)no2)cc1OC. The molecular formula is C15H18BrN3O4. The Morgan fingerprint density at radius 3 is 2.78 bits per heavy atom. The summed E-state index contributed by atoms with van der Waals surface area (Å²) >= 11 is 3.40. The van der Waals surface area contributed by atoms with Crippen LogP contribution in [0, 0.1) is 6.92 Å². The predicted octanol–water partition coefficient (Wildman–Crippen LogP) is 3.04. The first kappa shape index (κ1) is 17.3. The lowest BCUT2D eigenvalue weighted by Gasteiger charge is -2.14. The zero-order valence-corrected chi connectivity index (χ0v) is 14.9. The van der Waals surface area contributed by atoms with Gasteiger partial charge in [0.15, 0.2) is 17.3 Å². The van der Waals surface area contributed by atoms with E-state index in [-0.39, 0.29) is 5.91 Å². The Labute approximate surface area is 142 Å². The molecular weight excluding hydrogens is 366 g/mol. The van der Waals surface area contributed by atoms with Gasteiger partial charge < -0.3 is 19.3 Å². The highest BCUT2D eigenvalue weighted by Crippen LogP contribution is 2.36. The number of carbonyl (C=O) groups excluding carboxylic acids is 1. The number of aromatic nitrogens is 2. The first-order valence-corrected chi connectivity index (χ1v) is 7.87. The molecule has 2 aromatic rings. The molecule has 124 valence electrons. The number of rotatable bonds is 6. The van der Waals surface area contributed by atoms with Gasteiger partial charge in [-0.05, 0) is 48.8 Å². The maximum Gasteiger partial charge on any atom is 0.252 e. The summed E-state index contributed by atoms with van der Waals surface area (Å²) < 4.78 is 16.5. The van der Waals surface area contributed by atoms with Crippen LogP contribution in [0.25, 0.3) is 0 Å². The van der Waals surface area contributed by atoms with Crippen molar-refractivity contribution >= 4 is 21.8 Å². The number of carbonyl (C=O) groups is 1. The Morgan fingerprint density at radius 2 is 2.22 bits per heavy atom. The van der Waals surface area contributed by atoms with Crippen molar-refractivity contribution in [1.82, 2.24) is 15.5 Å². The number of hydrogen-bond acceptors (Lipinski definition) is 6. The van der Waals surface area contributed by atoms with Gasteiger partial charge >= 0.3 is 0 Å². The number of amides is 1. The number of nitrogens with zero attached hydrogens (tertiary/aromatic N) is 2. The van der Waals surface area contributed by atoms with Crippen molar-refractivity contribution in [2.75, 3.05) is 13.7 Å². The van der Waals surface area contributed by atoms with Crippen LogP contribution in [0.4, 0.5) is 0 Å². The lowest BCUT2D eigenvalue weighted by molar-refractivity contribution is 0.0932. The van der Waals surface area contributed by atoms with E-state index in [2.05, 4.69) is 31.4 Å². The number of benzene rings is 1. The van der Waals surface area contributed by atoms with E-state index in [4.69, 9.17) is 14.0 Å². The second-order valence-electron chi connectivity index (χ2n) is 4.80. The molecule has 23 heavy (non-hydrogen) atoms. The van der Waals surface area contributed by atoms with Gasteiger partial charge in [-0.25, -0.2) is 0 Å². The molecule has 8 heteroatoms. The van der Waals surface area contributed by atoms with Gasteiger partial charge in [0.1, 0.15) is 6.04 Å². The Bertz CT molecular complexity index is 702. The van der Waals surface area contributed by atoms with Gasteiger partial charge in [-0.1, -0.05) is 5.16 Å². The number of nitrogens with one attached hydrogen (secondary N) is 1. The Kier molecular flexibility index (Phi) is 5.59. The van der Waals surface area contributed by atoms with Gasteiger partial charge in [-0.15, -0.1) is 0 Å². The largest absolute Gasteiger partial charge is 0.493 e. The second kappa shape index (κ2) is 7.45. The molecule has 1 amide bonds. The Morgan fingerprint density at radius 1 is 1.48 bits per heavy atom. The predicted molar refractivity (Wildman–Crippen MR) is 86.8 cm³/mol. The molecule has 0 unspecified atom stereocenters. The summed E-state index contributed by atoms with van der Waals surface area (Å²) in [6, 6.07) is 2.89. The normalized spacial score (nSPS) is 11.9. The van der Waals surface area contributed by atoms with Gasteiger partial charge in [-0.3, -0.25) is 4.79 Å². The molecule has 0 saturated heterocycles. The molecule has 1 aromatic carbocycles. The van der Waals surface area contributed by atoms with Crippen molar-refractivity contribution < 1.29 is 18.8 Å². The van der Waals surface area contributed by atoms with Crippen molar-refractivity contribution in [2.45, 2.75) is 26.8 Å². The highest BCUT2D eigenvalue weighted by Gasteiger charge is 2.19. The Hall–Kier alpha value is -2.09. The fourth-order valence-electron chi connectivity index (χ4n) is 1.97.